The van der Waals surface area contributed by atoms with Crippen LogP contribution in [0, 0.1) is 23.2 Å². The highest BCUT2D eigenvalue weighted by molar-refractivity contribution is 6.35. The molecule has 4 aliphatic carbocycles. The Labute approximate surface area is 186 Å². The molecule has 4 saturated carbocycles. The molecule has 2 amide bonds. The second kappa shape index (κ2) is 8.39. The van der Waals surface area contributed by atoms with Gasteiger partial charge in [0.05, 0.1) is 10.7 Å². The summed E-state index contributed by atoms with van der Waals surface area (Å²) in [5, 5.41) is 6.11. The van der Waals surface area contributed by atoms with E-state index in [-0.39, 0.29) is 17.9 Å². The maximum atomic E-state index is 12.9. The summed E-state index contributed by atoms with van der Waals surface area (Å²) in [7, 11) is 0. The van der Waals surface area contributed by atoms with Crippen LogP contribution in [0.1, 0.15) is 45.4 Å². The number of esters is 1. The second-order valence-corrected chi connectivity index (χ2v) is 9.97. The fraction of sp³-hybridized carbons (Fsp3) is 0.591. The van der Waals surface area contributed by atoms with E-state index in [0.29, 0.717) is 33.5 Å². The van der Waals surface area contributed by atoms with Gasteiger partial charge in [-0.15, -0.1) is 0 Å². The number of carbonyl (C=O) groups is 3. The number of rotatable bonds is 6. The van der Waals surface area contributed by atoms with Crippen LogP contribution < -0.4 is 10.6 Å². The zero-order valence-corrected chi connectivity index (χ0v) is 18.4. The van der Waals surface area contributed by atoms with Crippen molar-refractivity contribution in [1.82, 2.24) is 5.32 Å². The van der Waals surface area contributed by atoms with Gasteiger partial charge < -0.3 is 15.4 Å². The van der Waals surface area contributed by atoms with Crippen LogP contribution in [-0.2, 0) is 19.1 Å². The highest BCUT2D eigenvalue weighted by Crippen LogP contribution is 2.60. The molecule has 6 nitrogen and oxygen atoms in total. The van der Waals surface area contributed by atoms with Gasteiger partial charge in [0.25, 0.3) is 5.91 Å². The number of anilines is 1. The van der Waals surface area contributed by atoms with E-state index in [9.17, 15) is 14.4 Å². The van der Waals surface area contributed by atoms with Crippen molar-refractivity contribution in [3.8, 4) is 0 Å². The summed E-state index contributed by atoms with van der Waals surface area (Å²) in [6, 6.07) is 4.69. The molecular formula is C22H26Cl2N2O4. The Kier molecular flexibility index (Phi) is 5.99. The smallest absolute Gasteiger partial charge is 0.326 e. The Bertz CT molecular complexity index is 837. The van der Waals surface area contributed by atoms with Crippen molar-refractivity contribution in [1.29, 1.82) is 0 Å². The average Bonchev–Trinajstić information content (AvgIpc) is 2.67. The molecule has 2 N–H and O–H groups in total. The van der Waals surface area contributed by atoms with Crippen molar-refractivity contribution >= 4 is 46.7 Å². The Morgan fingerprint density at radius 1 is 1.10 bits per heavy atom. The van der Waals surface area contributed by atoms with Crippen molar-refractivity contribution in [3.05, 3.63) is 28.2 Å². The van der Waals surface area contributed by atoms with Crippen LogP contribution >= 0.6 is 23.2 Å². The molecule has 1 unspecified atom stereocenters. The Hall–Kier alpha value is -1.79. The lowest BCUT2D eigenvalue weighted by Gasteiger charge is -2.55. The maximum absolute atomic E-state index is 12.9. The van der Waals surface area contributed by atoms with E-state index in [2.05, 4.69) is 10.6 Å². The summed E-state index contributed by atoms with van der Waals surface area (Å²) in [4.78, 5) is 37.4. The van der Waals surface area contributed by atoms with E-state index in [1.54, 1.807) is 12.1 Å². The summed E-state index contributed by atoms with van der Waals surface area (Å²) in [6.07, 6.45) is 5.49. The first-order chi connectivity index (χ1) is 14.2. The number of amides is 2. The minimum atomic E-state index is -1.04. The van der Waals surface area contributed by atoms with Gasteiger partial charge in [-0.3, -0.25) is 14.4 Å². The molecule has 0 aliphatic heterocycles. The largest absolute Gasteiger partial charge is 0.451 e. The molecule has 1 aromatic carbocycles. The van der Waals surface area contributed by atoms with Gasteiger partial charge in [0.2, 0.25) is 5.91 Å². The van der Waals surface area contributed by atoms with Gasteiger partial charge in [-0.2, -0.15) is 0 Å². The molecule has 162 valence electrons. The van der Waals surface area contributed by atoms with Crippen LogP contribution in [0.3, 0.4) is 0 Å². The van der Waals surface area contributed by atoms with Gasteiger partial charge in [-0.25, -0.2) is 0 Å². The summed E-state index contributed by atoms with van der Waals surface area (Å²) < 4.78 is 5.18. The highest BCUT2D eigenvalue weighted by Gasteiger charge is 2.54. The van der Waals surface area contributed by atoms with Crippen LogP contribution in [0.2, 0.25) is 10.0 Å². The molecule has 0 radical (unpaired) electrons. The third kappa shape index (κ3) is 4.45. The standard InChI is InChI=1S/C22H26Cl2N2O4/c1-12(20(28)26-18-7-16(23)2-3-17(18)24)30-19(27)11-25-21(29)22-8-13-4-14(9-22)6-15(5-13)10-22/h2-3,7,12-15H,4-6,8-11H2,1H3,(H,25,29)(H,26,28). The molecule has 30 heavy (non-hydrogen) atoms. The average molecular weight is 453 g/mol. The van der Waals surface area contributed by atoms with Gasteiger partial charge in [0, 0.05) is 10.4 Å². The fourth-order valence-corrected chi connectivity index (χ4v) is 6.19. The minimum Gasteiger partial charge on any atom is -0.451 e. The van der Waals surface area contributed by atoms with Gasteiger partial charge in [-0.1, -0.05) is 23.2 Å². The van der Waals surface area contributed by atoms with E-state index in [4.69, 9.17) is 27.9 Å². The zero-order valence-electron chi connectivity index (χ0n) is 16.9. The van der Waals surface area contributed by atoms with Crippen LogP contribution in [0.15, 0.2) is 18.2 Å². The van der Waals surface area contributed by atoms with E-state index >= 15 is 0 Å². The van der Waals surface area contributed by atoms with E-state index < -0.39 is 18.0 Å². The molecule has 0 heterocycles. The van der Waals surface area contributed by atoms with E-state index in [1.165, 1.54) is 32.3 Å². The lowest BCUT2D eigenvalue weighted by molar-refractivity contribution is -0.155. The molecule has 5 rings (SSSR count). The van der Waals surface area contributed by atoms with Crippen molar-refractivity contribution in [3.63, 3.8) is 0 Å². The molecule has 0 saturated heterocycles. The first kappa shape index (κ1) is 21.4. The van der Waals surface area contributed by atoms with Gasteiger partial charge in [0.1, 0.15) is 6.54 Å². The highest BCUT2D eigenvalue weighted by atomic mass is 35.5. The van der Waals surface area contributed by atoms with Gasteiger partial charge >= 0.3 is 5.97 Å². The number of ether oxygens (including phenoxy) is 1. The predicted molar refractivity (Wildman–Crippen MR) is 114 cm³/mol. The third-order valence-corrected chi connectivity index (χ3v) is 7.34. The van der Waals surface area contributed by atoms with Crippen molar-refractivity contribution in [2.75, 3.05) is 11.9 Å². The molecule has 8 heteroatoms. The number of hydrogen-bond acceptors (Lipinski definition) is 4. The number of hydrogen-bond donors (Lipinski definition) is 2. The summed E-state index contributed by atoms with van der Waals surface area (Å²) in [5.41, 5.74) is 0.0219. The van der Waals surface area contributed by atoms with Gasteiger partial charge in [-0.05, 0) is 81.4 Å². The first-order valence-electron chi connectivity index (χ1n) is 10.5. The Balaban J connectivity index is 1.27. The lowest BCUT2D eigenvalue weighted by atomic mass is 9.49. The zero-order chi connectivity index (χ0) is 21.5. The lowest BCUT2D eigenvalue weighted by Crippen LogP contribution is -2.54. The quantitative estimate of drug-likeness (QED) is 0.633. The van der Waals surface area contributed by atoms with Crippen LogP contribution in [0.5, 0.6) is 0 Å². The van der Waals surface area contributed by atoms with Crippen LogP contribution in [0.4, 0.5) is 5.69 Å². The molecule has 4 aliphatic rings. The first-order valence-corrected chi connectivity index (χ1v) is 11.2. The van der Waals surface area contributed by atoms with E-state index in [1.807, 2.05) is 0 Å². The van der Waals surface area contributed by atoms with Crippen LogP contribution in [-0.4, -0.2) is 30.4 Å². The van der Waals surface area contributed by atoms with Crippen molar-refractivity contribution < 1.29 is 19.1 Å². The number of nitrogens with one attached hydrogen (secondary N) is 2. The Morgan fingerprint density at radius 2 is 1.70 bits per heavy atom. The third-order valence-electron chi connectivity index (χ3n) is 6.78. The molecule has 1 atom stereocenters. The maximum Gasteiger partial charge on any atom is 0.326 e. The van der Waals surface area contributed by atoms with E-state index in [0.717, 1.165) is 19.3 Å². The number of halogens is 2. The monoisotopic (exact) mass is 452 g/mol. The fourth-order valence-electron chi connectivity index (χ4n) is 5.85. The summed E-state index contributed by atoms with van der Waals surface area (Å²) >= 11 is 11.9. The van der Waals surface area contributed by atoms with Crippen molar-refractivity contribution in [2.24, 2.45) is 23.2 Å². The number of carbonyl (C=O) groups excluding carboxylic acids is 3. The molecule has 0 aromatic heterocycles. The van der Waals surface area contributed by atoms with Gasteiger partial charge in [0.15, 0.2) is 6.10 Å². The summed E-state index contributed by atoms with van der Waals surface area (Å²) in [5.74, 6) is 0.733. The molecule has 0 spiro atoms. The summed E-state index contributed by atoms with van der Waals surface area (Å²) in [6.45, 7) is 1.22. The normalized spacial score (nSPS) is 29.9. The topological polar surface area (TPSA) is 84.5 Å². The SMILES string of the molecule is CC(OC(=O)CNC(=O)C12CC3CC(CC(C3)C1)C2)C(=O)Nc1cc(Cl)ccc1Cl. The van der Waals surface area contributed by atoms with Crippen LogP contribution in [0.25, 0.3) is 0 Å². The molecular weight excluding hydrogens is 427 g/mol. The minimum absolute atomic E-state index is 0.0404. The second-order valence-electron chi connectivity index (χ2n) is 9.13. The molecule has 1 aromatic rings. The number of benzene rings is 1. The predicted octanol–water partition coefficient (Wildman–Crippen LogP) is 4.20. The molecule has 4 bridgehead atoms. The van der Waals surface area contributed by atoms with Crippen molar-refractivity contribution in [2.45, 2.75) is 51.6 Å². The Morgan fingerprint density at radius 3 is 2.30 bits per heavy atom. The molecule has 4 fully saturated rings.